The molecular weight excluding hydrogens is 187 g/mol. The van der Waals surface area contributed by atoms with Crippen molar-refractivity contribution in [3.63, 3.8) is 0 Å². The molecule has 0 radical (unpaired) electrons. The highest BCUT2D eigenvalue weighted by Crippen LogP contribution is 2.22. The molecule has 14 heavy (non-hydrogen) atoms. The van der Waals surface area contributed by atoms with E-state index in [2.05, 4.69) is 4.74 Å². The van der Waals surface area contributed by atoms with Crippen LogP contribution in [-0.4, -0.2) is 20.2 Å². The van der Waals surface area contributed by atoms with Gasteiger partial charge in [0.05, 0.1) is 19.8 Å². The molecule has 0 heterocycles. The van der Waals surface area contributed by atoms with Gasteiger partial charge in [-0.3, -0.25) is 0 Å². The van der Waals surface area contributed by atoms with Crippen LogP contribution in [0.25, 0.3) is 0 Å². The summed E-state index contributed by atoms with van der Waals surface area (Å²) in [7, 11) is 2.62. The molecule has 3 nitrogen and oxygen atoms in total. The molecule has 1 aromatic rings. The molecule has 0 fully saturated rings. The summed E-state index contributed by atoms with van der Waals surface area (Å²) in [6, 6.07) is 2.57. The van der Waals surface area contributed by atoms with Crippen molar-refractivity contribution < 1.29 is 18.7 Å². The van der Waals surface area contributed by atoms with Crippen LogP contribution < -0.4 is 4.74 Å². The largest absolute Gasteiger partial charge is 0.494 e. The Morgan fingerprint density at radius 1 is 1.36 bits per heavy atom. The van der Waals surface area contributed by atoms with E-state index in [4.69, 9.17) is 4.74 Å². The van der Waals surface area contributed by atoms with Crippen molar-refractivity contribution in [1.82, 2.24) is 0 Å². The smallest absolute Gasteiger partial charge is 0.338 e. The highest BCUT2D eigenvalue weighted by Gasteiger charge is 2.13. The molecule has 1 rings (SSSR count). The maximum Gasteiger partial charge on any atom is 0.338 e. The maximum absolute atomic E-state index is 13.1. The number of esters is 1. The highest BCUT2D eigenvalue weighted by molar-refractivity contribution is 5.91. The van der Waals surface area contributed by atoms with Crippen molar-refractivity contribution in [2.24, 2.45) is 0 Å². The number of benzene rings is 1. The number of hydrogen-bond donors (Lipinski definition) is 0. The lowest BCUT2D eigenvalue weighted by Crippen LogP contribution is -2.05. The second-order valence-corrected chi connectivity index (χ2v) is 2.79. The lowest BCUT2D eigenvalue weighted by Gasteiger charge is -2.07. The van der Waals surface area contributed by atoms with Gasteiger partial charge >= 0.3 is 5.97 Å². The Bertz CT molecular complexity index is 361. The minimum Gasteiger partial charge on any atom is -0.494 e. The second-order valence-electron chi connectivity index (χ2n) is 2.79. The molecule has 0 aliphatic heterocycles. The standard InChI is InChI=1S/C10H11FO3/c1-6-4-8(11)9(13-2)5-7(6)10(12)14-3/h4-5H,1-3H3. The minimum atomic E-state index is -0.499. The van der Waals surface area contributed by atoms with Gasteiger partial charge in [-0.15, -0.1) is 0 Å². The van der Waals surface area contributed by atoms with E-state index in [9.17, 15) is 9.18 Å². The molecule has 0 amide bonds. The molecule has 0 saturated carbocycles. The predicted molar refractivity (Wildman–Crippen MR) is 49.0 cm³/mol. The van der Waals surface area contributed by atoms with E-state index in [1.807, 2.05) is 0 Å². The molecule has 1 aromatic carbocycles. The summed E-state index contributed by atoms with van der Waals surface area (Å²) in [5.41, 5.74) is 0.834. The van der Waals surface area contributed by atoms with Crippen LogP contribution in [0.15, 0.2) is 12.1 Å². The van der Waals surface area contributed by atoms with Gasteiger partial charge in [-0.2, -0.15) is 0 Å². The normalized spacial score (nSPS) is 9.71. The van der Waals surface area contributed by atoms with Crippen LogP contribution in [0.5, 0.6) is 5.75 Å². The zero-order chi connectivity index (χ0) is 10.7. The van der Waals surface area contributed by atoms with Gasteiger partial charge in [-0.1, -0.05) is 0 Å². The average molecular weight is 198 g/mol. The van der Waals surface area contributed by atoms with E-state index in [1.54, 1.807) is 6.92 Å². The topological polar surface area (TPSA) is 35.5 Å². The van der Waals surface area contributed by atoms with Crippen LogP contribution in [-0.2, 0) is 4.74 Å². The van der Waals surface area contributed by atoms with Gasteiger partial charge in [0.15, 0.2) is 11.6 Å². The van der Waals surface area contributed by atoms with E-state index < -0.39 is 11.8 Å². The maximum atomic E-state index is 13.1. The zero-order valence-corrected chi connectivity index (χ0v) is 8.26. The van der Waals surface area contributed by atoms with Crippen LogP contribution in [0.4, 0.5) is 4.39 Å². The Balaban J connectivity index is 3.24. The Kier molecular flexibility index (Phi) is 3.06. The molecular formula is C10H11FO3. The van der Waals surface area contributed by atoms with Gasteiger partial charge in [0.1, 0.15) is 0 Å². The summed E-state index contributed by atoms with van der Waals surface area (Å²) >= 11 is 0. The number of halogens is 1. The minimum absolute atomic E-state index is 0.0380. The molecule has 0 spiro atoms. The van der Waals surface area contributed by atoms with Gasteiger partial charge in [-0.05, 0) is 24.6 Å². The van der Waals surface area contributed by atoms with E-state index >= 15 is 0 Å². The van der Waals surface area contributed by atoms with Crippen LogP contribution in [0.3, 0.4) is 0 Å². The average Bonchev–Trinajstić information content (AvgIpc) is 2.17. The van der Waals surface area contributed by atoms with E-state index in [0.717, 1.165) is 0 Å². The lowest BCUT2D eigenvalue weighted by atomic mass is 10.1. The summed E-state index contributed by atoms with van der Waals surface area (Å²) in [4.78, 5) is 11.2. The van der Waals surface area contributed by atoms with Crippen molar-refractivity contribution in [2.45, 2.75) is 6.92 Å². The van der Waals surface area contributed by atoms with Crippen LogP contribution >= 0.6 is 0 Å². The summed E-state index contributed by atoms with van der Waals surface area (Å²) in [5, 5.41) is 0. The number of carbonyl (C=O) groups excluding carboxylic acids is 1. The monoisotopic (exact) mass is 198 g/mol. The van der Waals surface area contributed by atoms with E-state index in [1.165, 1.54) is 26.4 Å². The van der Waals surface area contributed by atoms with Gasteiger partial charge in [0.25, 0.3) is 0 Å². The van der Waals surface area contributed by atoms with Crippen molar-refractivity contribution in [3.8, 4) is 5.75 Å². The number of ether oxygens (including phenoxy) is 2. The number of rotatable bonds is 2. The lowest BCUT2D eigenvalue weighted by molar-refractivity contribution is 0.0599. The fraction of sp³-hybridized carbons (Fsp3) is 0.300. The first kappa shape index (κ1) is 10.5. The predicted octanol–water partition coefficient (Wildman–Crippen LogP) is 1.93. The Morgan fingerprint density at radius 3 is 2.50 bits per heavy atom. The Labute approximate surface area is 81.4 Å². The van der Waals surface area contributed by atoms with Gasteiger partial charge in [0, 0.05) is 0 Å². The number of hydrogen-bond acceptors (Lipinski definition) is 3. The third-order valence-corrected chi connectivity index (χ3v) is 1.90. The zero-order valence-electron chi connectivity index (χ0n) is 8.26. The van der Waals surface area contributed by atoms with Crippen molar-refractivity contribution in [1.29, 1.82) is 0 Å². The first-order valence-electron chi connectivity index (χ1n) is 4.02. The molecule has 4 heteroatoms. The second kappa shape index (κ2) is 4.09. The molecule has 76 valence electrons. The van der Waals surface area contributed by atoms with Gasteiger partial charge in [0.2, 0.25) is 0 Å². The van der Waals surface area contributed by atoms with E-state index in [0.29, 0.717) is 11.1 Å². The highest BCUT2D eigenvalue weighted by atomic mass is 19.1. The molecule has 0 atom stereocenters. The molecule has 0 aliphatic rings. The molecule has 0 aromatic heterocycles. The summed E-state index contributed by atoms with van der Waals surface area (Å²) in [5.74, 6) is -0.950. The quantitative estimate of drug-likeness (QED) is 0.681. The SMILES string of the molecule is COC(=O)c1cc(OC)c(F)cc1C. The fourth-order valence-corrected chi connectivity index (χ4v) is 1.14. The molecule has 0 aliphatic carbocycles. The first-order valence-corrected chi connectivity index (χ1v) is 4.02. The third-order valence-electron chi connectivity index (χ3n) is 1.90. The number of methoxy groups -OCH3 is 2. The van der Waals surface area contributed by atoms with Crippen LogP contribution in [0, 0.1) is 12.7 Å². The van der Waals surface area contributed by atoms with Gasteiger partial charge in [-0.25, -0.2) is 9.18 Å². The summed E-state index contributed by atoms with van der Waals surface area (Å²) in [6.45, 7) is 1.63. The number of carbonyl (C=O) groups is 1. The molecule has 0 saturated heterocycles. The molecule has 0 unspecified atom stereocenters. The number of aryl methyl sites for hydroxylation is 1. The van der Waals surface area contributed by atoms with Crippen LogP contribution in [0.1, 0.15) is 15.9 Å². The van der Waals surface area contributed by atoms with Crippen molar-refractivity contribution >= 4 is 5.97 Å². The summed E-state index contributed by atoms with van der Waals surface area (Å²) in [6.07, 6.45) is 0. The first-order chi connectivity index (χ1) is 6.60. The van der Waals surface area contributed by atoms with Crippen molar-refractivity contribution in [3.05, 3.63) is 29.1 Å². The fourth-order valence-electron chi connectivity index (χ4n) is 1.14. The molecule has 0 N–H and O–H groups in total. The Hall–Kier alpha value is -1.58. The third kappa shape index (κ3) is 1.84. The molecule has 0 bridgehead atoms. The van der Waals surface area contributed by atoms with Crippen molar-refractivity contribution in [2.75, 3.05) is 14.2 Å². The van der Waals surface area contributed by atoms with E-state index in [-0.39, 0.29) is 5.75 Å². The van der Waals surface area contributed by atoms with Gasteiger partial charge < -0.3 is 9.47 Å². The summed E-state index contributed by atoms with van der Waals surface area (Å²) < 4.78 is 22.4. The Morgan fingerprint density at radius 2 is 2.00 bits per heavy atom. The van der Waals surface area contributed by atoms with Crippen LogP contribution in [0.2, 0.25) is 0 Å².